The molecule has 1 aromatic rings. The van der Waals surface area contributed by atoms with Gasteiger partial charge in [-0.15, -0.1) is 11.3 Å². The van der Waals surface area contributed by atoms with Crippen LogP contribution in [0.3, 0.4) is 0 Å². The molecule has 0 amide bonds. The summed E-state index contributed by atoms with van der Waals surface area (Å²) in [5.41, 5.74) is 1.12. The number of hydrogen-bond acceptors (Lipinski definition) is 7. The Morgan fingerprint density at radius 2 is 2.35 bits per heavy atom. The Balaban J connectivity index is 2.16. The summed E-state index contributed by atoms with van der Waals surface area (Å²) in [4.78, 5) is 20.7. The highest BCUT2D eigenvalue weighted by atomic mass is 32.2. The van der Waals surface area contributed by atoms with E-state index in [1.54, 1.807) is 30.1 Å². The van der Waals surface area contributed by atoms with Gasteiger partial charge in [0.2, 0.25) is 0 Å². The summed E-state index contributed by atoms with van der Waals surface area (Å²) in [5, 5.41) is 16.7. The second kappa shape index (κ2) is 11.4. The van der Waals surface area contributed by atoms with Crippen LogP contribution in [0, 0.1) is 10.1 Å². The Hall–Kier alpha value is -1.19. The van der Waals surface area contributed by atoms with E-state index in [2.05, 4.69) is 39.7 Å². The van der Waals surface area contributed by atoms with Crippen molar-refractivity contribution in [2.75, 3.05) is 46.5 Å². The molecule has 0 bridgehead atoms. The molecule has 1 N–H and O–H groups in total. The average molecular weight is 360 g/mol. The number of thiazole rings is 1. The second-order valence-electron chi connectivity index (χ2n) is 5.28. The molecular formula is C14H25N5O2S2. The number of nitrogens with one attached hydrogen (secondary N) is 1. The Morgan fingerprint density at radius 1 is 1.57 bits per heavy atom. The molecule has 1 aromatic heterocycles. The van der Waals surface area contributed by atoms with E-state index in [1.807, 2.05) is 0 Å². The lowest BCUT2D eigenvalue weighted by Crippen LogP contribution is -2.31. The summed E-state index contributed by atoms with van der Waals surface area (Å²) < 4.78 is 0. The fourth-order valence-corrected chi connectivity index (χ4v) is 3.54. The number of nitro groups is 1. The van der Waals surface area contributed by atoms with Crippen LogP contribution < -0.4 is 5.32 Å². The number of thioether (sulfide) groups is 1. The van der Waals surface area contributed by atoms with Gasteiger partial charge in [0.1, 0.15) is 0 Å². The fraction of sp³-hybridized carbons (Fsp3) is 0.714. The van der Waals surface area contributed by atoms with Gasteiger partial charge in [0.25, 0.3) is 6.54 Å². The fourth-order valence-electron chi connectivity index (χ4n) is 1.85. The van der Waals surface area contributed by atoms with E-state index in [1.165, 1.54) is 5.01 Å². The van der Waals surface area contributed by atoms with Crippen LogP contribution in [0.25, 0.3) is 0 Å². The first-order valence-electron chi connectivity index (χ1n) is 7.48. The van der Waals surface area contributed by atoms with Crippen LogP contribution >= 0.6 is 23.1 Å². The monoisotopic (exact) mass is 359 g/mol. The zero-order valence-corrected chi connectivity index (χ0v) is 15.6. The van der Waals surface area contributed by atoms with Crippen LogP contribution in [0.15, 0.2) is 10.4 Å². The summed E-state index contributed by atoms with van der Waals surface area (Å²) in [6, 6.07) is 0. The first-order chi connectivity index (χ1) is 11.0. The van der Waals surface area contributed by atoms with Gasteiger partial charge >= 0.3 is 0 Å². The first kappa shape index (κ1) is 19.9. The lowest BCUT2D eigenvalue weighted by atomic mass is 10.3. The van der Waals surface area contributed by atoms with Gasteiger partial charge in [-0.25, -0.2) is 4.98 Å². The molecule has 7 nitrogen and oxygen atoms in total. The van der Waals surface area contributed by atoms with Gasteiger partial charge in [-0.3, -0.25) is 15.1 Å². The van der Waals surface area contributed by atoms with Crippen molar-refractivity contribution < 1.29 is 4.92 Å². The molecule has 9 heteroatoms. The minimum atomic E-state index is -0.379. The smallest absolute Gasteiger partial charge is 0.259 e. The summed E-state index contributed by atoms with van der Waals surface area (Å²) in [7, 11) is 5.72. The summed E-state index contributed by atoms with van der Waals surface area (Å²) in [6.07, 6.45) is 2.17. The first-order valence-corrected chi connectivity index (χ1v) is 9.51. The number of amidine groups is 1. The Morgan fingerprint density at radius 3 is 3.00 bits per heavy atom. The normalized spacial score (nSPS) is 11.9. The van der Waals surface area contributed by atoms with Gasteiger partial charge in [0, 0.05) is 41.8 Å². The summed E-state index contributed by atoms with van der Waals surface area (Å²) >= 11 is 3.50. The van der Waals surface area contributed by atoms with Crippen LogP contribution in [0.5, 0.6) is 0 Å². The molecule has 0 radical (unpaired) electrons. The second-order valence-corrected chi connectivity index (χ2v) is 7.33. The highest BCUT2D eigenvalue weighted by Gasteiger charge is 2.06. The van der Waals surface area contributed by atoms with Gasteiger partial charge < -0.3 is 10.2 Å². The van der Waals surface area contributed by atoms with E-state index in [0.717, 1.165) is 36.6 Å². The van der Waals surface area contributed by atoms with Gasteiger partial charge in [-0.1, -0.05) is 0 Å². The number of aryl methyl sites for hydroxylation is 1. The van der Waals surface area contributed by atoms with Crippen molar-refractivity contribution in [3.05, 3.63) is 26.2 Å². The van der Waals surface area contributed by atoms with Crippen LogP contribution in [-0.2, 0) is 12.2 Å². The van der Waals surface area contributed by atoms with Gasteiger partial charge in [-0.2, -0.15) is 11.8 Å². The predicted octanol–water partition coefficient (Wildman–Crippen LogP) is 1.77. The molecule has 0 saturated heterocycles. The van der Waals surface area contributed by atoms with Crippen LogP contribution in [0.2, 0.25) is 0 Å². The third kappa shape index (κ3) is 9.52. The summed E-state index contributed by atoms with van der Waals surface area (Å²) in [5.74, 6) is 2.16. The Labute approximate surface area is 145 Å². The largest absolute Gasteiger partial charge is 0.368 e. The van der Waals surface area contributed by atoms with Crippen molar-refractivity contribution in [3.8, 4) is 0 Å². The van der Waals surface area contributed by atoms with E-state index < -0.39 is 0 Å². The standard InChI is InChI=1S/C14H25N5O2S2/c1-15-13(9-19(20)21)16-6-8-22-10-12-11-23-14(17-12)5-4-7-18(2)3/h11H,4-10H2,1-3H3,(H,15,16). The number of aliphatic imine (C=N–C) groups is 1. The molecule has 0 atom stereocenters. The molecule has 0 aliphatic heterocycles. The average Bonchev–Trinajstić information content (AvgIpc) is 2.92. The van der Waals surface area contributed by atoms with E-state index in [9.17, 15) is 10.1 Å². The molecule has 0 aromatic carbocycles. The Kier molecular flexibility index (Phi) is 9.81. The number of rotatable bonds is 11. The minimum absolute atomic E-state index is 0.246. The van der Waals surface area contributed by atoms with Crippen LogP contribution in [-0.4, -0.2) is 67.2 Å². The van der Waals surface area contributed by atoms with Gasteiger partial charge in [0.05, 0.1) is 10.7 Å². The third-order valence-electron chi connectivity index (χ3n) is 2.97. The van der Waals surface area contributed by atoms with Crippen molar-refractivity contribution in [1.82, 2.24) is 15.2 Å². The lowest BCUT2D eigenvalue weighted by molar-refractivity contribution is -0.463. The topological polar surface area (TPSA) is 83.7 Å². The predicted molar refractivity (Wildman–Crippen MR) is 98.4 cm³/mol. The minimum Gasteiger partial charge on any atom is -0.368 e. The SMILES string of the molecule is CN=C(C[N+](=O)[O-])NCCSCc1csc(CCCN(C)C)n1. The molecule has 130 valence electrons. The van der Waals surface area contributed by atoms with Gasteiger partial charge in [-0.05, 0) is 27.1 Å². The molecule has 0 unspecified atom stereocenters. The number of aromatic nitrogens is 1. The molecule has 23 heavy (non-hydrogen) atoms. The van der Waals surface area contributed by atoms with Gasteiger partial charge in [0.15, 0.2) is 5.84 Å². The highest BCUT2D eigenvalue weighted by molar-refractivity contribution is 7.98. The van der Waals surface area contributed by atoms with E-state index in [0.29, 0.717) is 12.4 Å². The molecule has 0 saturated carbocycles. The Bertz CT molecular complexity index is 505. The molecule has 1 rings (SSSR count). The molecule has 1 heterocycles. The van der Waals surface area contributed by atoms with Crippen molar-refractivity contribution >= 4 is 28.9 Å². The van der Waals surface area contributed by atoms with E-state index in [-0.39, 0.29) is 11.5 Å². The maximum absolute atomic E-state index is 10.4. The van der Waals surface area contributed by atoms with Crippen molar-refractivity contribution in [2.45, 2.75) is 18.6 Å². The quantitative estimate of drug-likeness (QED) is 0.213. The van der Waals surface area contributed by atoms with Crippen molar-refractivity contribution in [3.63, 3.8) is 0 Å². The lowest BCUT2D eigenvalue weighted by Gasteiger charge is -2.07. The highest BCUT2D eigenvalue weighted by Crippen LogP contribution is 2.16. The number of hydrogen-bond donors (Lipinski definition) is 1. The summed E-state index contributed by atoms with van der Waals surface area (Å²) in [6.45, 7) is 1.51. The van der Waals surface area contributed by atoms with Crippen LogP contribution in [0.4, 0.5) is 0 Å². The van der Waals surface area contributed by atoms with E-state index >= 15 is 0 Å². The molecule has 0 aliphatic rings. The van der Waals surface area contributed by atoms with E-state index in [4.69, 9.17) is 0 Å². The molecule has 0 spiro atoms. The third-order valence-corrected chi connectivity index (χ3v) is 4.92. The molecular weight excluding hydrogens is 334 g/mol. The van der Waals surface area contributed by atoms with Crippen molar-refractivity contribution in [1.29, 1.82) is 0 Å². The molecule has 0 fully saturated rings. The molecule has 0 aliphatic carbocycles. The zero-order valence-electron chi connectivity index (χ0n) is 13.9. The van der Waals surface area contributed by atoms with Crippen molar-refractivity contribution in [2.24, 2.45) is 4.99 Å². The maximum Gasteiger partial charge on any atom is 0.259 e. The van der Waals surface area contributed by atoms with Crippen LogP contribution in [0.1, 0.15) is 17.1 Å². The number of nitrogens with zero attached hydrogens (tertiary/aromatic N) is 4. The zero-order chi connectivity index (χ0) is 17.1. The maximum atomic E-state index is 10.4.